The summed E-state index contributed by atoms with van der Waals surface area (Å²) in [4.78, 5) is 2.79. The molecule has 0 amide bonds. The summed E-state index contributed by atoms with van der Waals surface area (Å²) in [6, 6.07) is 4.57. The van der Waals surface area contributed by atoms with Gasteiger partial charge in [-0.1, -0.05) is 13.8 Å². The fourth-order valence-electron chi connectivity index (χ4n) is 2.18. The predicted octanol–water partition coefficient (Wildman–Crippen LogP) is 3.75. The van der Waals surface area contributed by atoms with Crippen molar-refractivity contribution in [3.63, 3.8) is 0 Å². The van der Waals surface area contributed by atoms with Gasteiger partial charge in [0, 0.05) is 9.75 Å². The highest BCUT2D eigenvalue weighted by atomic mass is 32.1. The van der Waals surface area contributed by atoms with E-state index in [1.54, 1.807) is 0 Å². The van der Waals surface area contributed by atoms with Gasteiger partial charge in [0.2, 0.25) is 0 Å². The normalized spacial score (nSPS) is 21.4. The lowest BCUT2D eigenvalue weighted by atomic mass is 9.93. The van der Waals surface area contributed by atoms with Gasteiger partial charge in [0.05, 0.1) is 12.0 Å². The second-order valence-corrected chi connectivity index (χ2v) is 6.03. The van der Waals surface area contributed by atoms with Gasteiger partial charge in [-0.15, -0.1) is 11.3 Å². The van der Waals surface area contributed by atoms with Gasteiger partial charge in [-0.3, -0.25) is 0 Å². The van der Waals surface area contributed by atoms with E-state index in [0.29, 0.717) is 0 Å². The first-order valence-electron chi connectivity index (χ1n) is 5.63. The molecule has 0 aromatic carbocycles. The quantitative estimate of drug-likeness (QED) is 0.743. The average molecular weight is 219 g/mol. The Morgan fingerprint density at radius 2 is 2.13 bits per heavy atom. The van der Waals surface area contributed by atoms with Crippen molar-refractivity contribution in [1.82, 2.24) is 0 Å². The molecule has 1 heterocycles. The highest BCUT2D eigenvalue weighted by Crippen LogP contribution is 2.38. The molecule has 0 saturated carbocycles. The molecule has 15 heavy (non-hydrogen) atoms. The highest BCUT2D eigenvalue weighted by Gasteiger charge is 2.26. The van der Waals surface area contributed by atoms with Crippen molar-refractivity contribution in [3.05, 3.63) is 21.4 Å². The molecule has 2 atom stereocenters. The van der Waals surface area contributed by atoms with E-state index in [9.17, 15) is 0 Å². The van der Waals surface area contributed by atoms with E-state index in [0.717, 1.165) is 11.8 Å². The second kappa shape index (κ2) is 3.98. The summed E-state index contributed by atoms with van der Waals surface area (Å²) >= 11 is 1.85. The molecule has 1 aromatic rings. The molecular formula is C13H17NS. The number of nitrogens with zero attached hydrogens (tertiary/aromatic N) is 1. The van der Waals surface area contributed by atoms with Crippen LogP contribution in [0.4, 0.5) is 0 Å². The number of hydrogen-bond acceptors (Lipinski definition) is 2. The van der Waals surface area contributed by atoms with Crippen LogP contribution in [0.3, 0.4) is 0 Å². The molecule has 0 aliphatic heterocycles. The minimum absolute atomic E-state index is 0.0677. The van der Waals surface area contributed by atoms with Crippen molar-refractivity contribution in [3.8, 4) is 6.07 Å². The highest BCUT2D eigenvalue weighted by molar-refractivity contribution is 7.12. The van der Waals surface area contributed by atoms with Crippen molar-refractivity contribution in [1.29, 1.82) is 5.26 Å². The summed E-state index contributed by atoms with van der Waals surface area (Å²) in [5.74, 6) is 1.68. The summed E-state index contributed by atoms with van der Waals surface area (Å²) in [7, 11) is 0. The van der Waals surface area contributed by atoms with Gasteiger partial charge in [0.25, 0.3) is 0 Å². The van der Waals surface area contributed by atoms with Crippen LogP contribution in [0, 0.1) is 23.2 Å². The Balaban J connectivity index is 2.17. The van der Waals surface area contributed by atoms with Gasteiger partial charge < -0.3 is 0 Å². The third-order valence-electron chi connectivity index (χ3n) is 3.41. The SMILES string of the molecule is CC(C#N)c1cc2c(s1)CC(C(C)C)C2. The van der Waals surface area contributed by atoms with E-state index in [4.69, 9.17) is 5.26 Å². The van der Waals surface area contributed by atoms with Gasteiger partial charge in [0.15, 0.2) is 0 Å². The lowest BCUT2D eigenvalue weighted by Gasteiger charge is -2.13. The van der Waals surface area contributed by atoms with Crippen LogP contribution in [-0.2, 0) is 12.8 Å². The van der Waals surface area contributed by atoms with Crippen LogP contribution in [0.5, 0.6) is 0 Å². The van der Waals surface area contributed by atoms with Gasteiger partial charge in [-0.25, -0.2) is 0 Å². The number of fused-ring (bicyclic) bond motifs is 1. The van der Waals surface area contributed by atoms with Crippen LogP contribution in [0.2, 0.25) is 0 Å². The Bertz CT molecular complexity index is 374. The van der Waals surface area contributed by atoms with Crippen LogP contribution >= 0.6 is 11.3 Å². The lowest BCUT2D eigenvalue weighted by molar-refractivity contribution is 0.404. The molecule has 0 saturated heterocycles. The van der Waals surface area contributed by atoms with E-state index < -0.39 is 0 Å². The maximum absolute atomic E-state index is 8.88. The Morgan fingerprint density at radius 1 is 1.40 bits per heavy atom. The zero-order valence-corrected chi connectivity index (χ0v) is 10.4. The fourth-order valence-corrected chi connectivity index (χ4v) is 3.46. The van der Waals surface area contributed by atoms with Gasteiger partial charge >= 0.3 is 0 Å². The van der Waals surface area contributed by atoms with E-state index in [-0.39, 0.29) is 5.92 Å². The van der Waals surface area contributed by atoms with Crippen molar-refractivity contribution in [2.24, 2.45) is 11.8 Å². The first-order chi connectivity index (χ1) is 7.11. The smallest absolute Gasteiger partial charge is 0.0778 e. The molecule has 1 aliphatic rings. The number of nitriles is 1. The lowest BCUT2D eigenvalue weighted by Crippen LogP contribution is -2.07. The Morgan fingerprint density at radius 3 is 2.67 bits per heavy atom. The Kier molecular flexibility index (Phi) is 2.84. The van der Waals surface area contributed by atoms with Gasteiger partial charge in [-0.2, -0.15) is 5.26 Å². The van der Waals surface area contributed by atoms with Crippen LogP contribution in [-0.4, -0.2) is 0 Å². The molecule has 1 nitrogen and oxygen atoms in total. The summed E-state index contributed by atoms with van der Waals surface area (Å²) in [5.41, 5.74) is 1.51. The number of thiophene rings is 1. The fraction of sp³-hybridized carbons (Fsp3) is 0.615. The molecule has 2 heteroatoms. The van der Waals surface area contributed by atoms with E-state index in [1.165, 1.54) is 28.2 Å². The van der Waals surface area contributed by atoms with Crippen LogP contribution in [0.25, 0.3) is 0 Å². The first-order valence-corrected chi connectivity index (χ1v) is 6.44. The van der Waals surface area contributed by atoms with Gasteiger partial charge in [-0.05, 0) is 43.2 Å². The molecule has 2 unspecified atom stereocenters. The molecule has 1 aromatic heterocycles. The Labute approximate surface area is 95.7 Å². The second-order valence-electron chi connectivity index (χ2n) is 4.86. The molecule has 80 valence electrons. The molecule has 0 bridgehead atoms. The Hall–Kier alpha value is -0.810. The first kappa shape index (κ1) is 10.7. The van der Waals surface area contributed by atoms with Crippen LogP contribution < -0.4 is 0 Å². The molecule has 0 fully saturated rings. The number of hydrogen-bond donors (Lipinski definition) is 0. The standard InChI is InChI=1S/C13H17NS/c1-8(2)10-4-11-6-12(9(3)7-14)15-13(11)5-10/h6,8-10H,4-5H2,1-3H3. The van der Waals surface area contributed by atoms with E-state index >= 15 is 0 Å². The zero-order valence-electron chi connectivity index (χ0n) is 9.58. The largest absolute Gasteiger partial charge is 0.198 e. The average Bonchev–Trinajstić information content (AvgIpc) is 2.72. The third kappa shape index (κ3) is 1.94. The van der Waals surface area contributed by atoms with E-state index in [2.05, 4.69) is 26.0 Å². The number of rotatable bonds is 2. The van der Waals surface area contributed by atoms with Crippen molar-refractivity contribution in [2.75, 3.05) is 0 Å². The summed E-state index contributed by atoms with van der Waals surface area (Å²) < 4.78 is 0. The van der Waals surface area contributed by atoms with Gasteiger partial charge in [0.1, 0.15) is 0 Å². The minimum Gasteiger partial charge on any atom is -0.198 e. The zero-order chi connectivity index (χ0) is 11.0. The molecule has 1 aliphatic carbocycles. The third-order valence-corrected chi connectivity index (χ3v) is 4.79. The van der Waals surface area contributed by atoms with Crippen LogP contribution in [0.15, 0.2) is 6.07 Å². The monoisotopic (exact) mass is 219 g/mol. The maximum Gasteiger partial charge on any atom is 0.0778 e. The molecule has 0 radical (unpaired) electrons. The topological polar surface area (TPSA) is 23.8 Å². The summed E-state index contributed by atoms with van der Waals surface area (Å²) in [6.07, 6.45) is 2.46. The van der Waals surface area contributed by atoms with Crippen molar-refractivity contribution < 1.29 is 0 Å². The van der Waals surface area contributed by atoms with E-state index in [1.807, 2.05) is 18.3 Å². The maximum atomic E-state index is 8.88. The molecule has 2 rings (SSSR count). The molecular weight excluding hydrogens is 202 g/mol. The summed E-state index contributed by atoms with van der Waals surface area (Å²) in [6.45, 7) is 6.60. The van der Waals surface area contributed by atoms with Crippen molar-refractivity contribution in [2.45, 2.75) is 39.5 Å². The molecule has 0 N–H and O–H groups in total. The minimum atomic E-state index is 0.0677. The molecule has 0 spiro atoms. The summed E-state index contributed by atoms with van der Waals surface area (Å²) in [5, 5.41) is 8.88. The van der Waals surface area contributed by atoms with Crippen LogP contribution in [0.1, 0.15) is 42.0 Å². The predicted molar refractivity (Wildman–Crippen MR) is 64.1 cm³/mol. The van der Waals surface area contributed by atoms with Crippen molar-refractivity contribution >= 4 is 11.3 Å².